The monoisotopic (exact) mass is 153 g/mol. The van der Waals surface area contributed by atoms with Crippen molar-refractivity contribution >= 4 is 23.2 Å². The summed E-state index contributed by atoms with van der Waals surface area (Å²) in [4.78, 5) is -0.852. The molecule has 0 aromatic carbocycles. The van der Waals surface area contributed by atoms with E-state index in [1.165, 1.54) is 0 Å². The highest BCUT2D eigenvalue weighted by Crippen LogP contribution is 2.09. The van der Waals surface area contributed by atoms with Gasteiger partial charge in [0.15, 0.2) is 0 Å². The molecule has 46 valence electrons. The summed E-state index contributed by atoms with van der Waals surface area (Å²) >= 11 is 10.3. The van der Waals surface area contributed by atoms with Crippen molar-refractivity contribution in [3.8, 4) is 6.07 Å². The molecule has 0 aliphatic heterocycles. The predicted octanol–water partition coefficient (Wildman–Crippen LogP) is 1.06. The molecule has 0 aromatic heterocycles. The second kappa shape index (κ2) is 3.96. The molecule has 2 nitrogen and oxygen atoms in total. The van der Waals surface area contributed by atoms with Gasteiger partial charge in [-0.2, -0.15) is 5.26 Å². The van der Waals surface area contributed by atoms with E-state index in [9.17, 15) is 0 Å². The normalized spacial score (nSPS) is 13.4. The summed E-state index contributed by atoms with van der Waals surface area (Å²) in [6.07, 6.45) is -0.930. The second-order valence-corrected chi connectivity index (χ2v) is 2.43. The first-order valence-electron chi connectivity index (χ1n) is 2.01. The Kier molecular flexibility index (Phi) is 3.98. The Morgan fingerprint density at radius 2 is 2.12 bits per heavy atom. The summed E-state index contributed by atoms with van der Waals surface area (Å²) in [6.45, 7) is 0. The van der Waals surface area contributed by atoms with Gasteiger partial charge >= 0.3 is 0 Å². The first-order chi connectivity index (χ1) is 3.68. The van der Waals surface area contributed by atoms with Crippen LogP contribution in [0.3, 0.4) is 0 Å². The molecule has 0 heterocycles. The molecular weight excluding hydrogens is 149 g/mol. The Balaban J connectivity index is 3.35. The zero-order chi connectivity index (χ0) is 6.57. The fraction of sp³-hybridized carbons (Fsp3) is 0.750. The van der Waals surface area contributed by atoms with Crippen LogP contribution in [-0.4, -0.2) is 16.0 Å². The maximum Gasteiger partial charge on any atom is 0.134 e. The van der Waals surface area contributed by atoms with Crippen molar-refractivity contribution in [2.24, 2.45) is 0 Å². The molecule has 1 atom stereocenters. The molecule has 0 bridgehead atoms. The predicted molar refractivity (Wildman–Crippen MR) is 31.7 cm³/mol. The van der Waals surface area contributed by atoms with Crippen molar-refractivity contribution in [1.82, 2.24) is 0 Å². The molecule has 0 radical (unpaired) electrons. The summed E-state index contributed by atoms with van der Waals surface area (Å²) in [7, 11) is 0. The number of hydrogen-bond donors (Lipinski definition) is 1. The molecule has 0 aliphatic carbocycles. The number of aliphatic hydroxyl groups excluding tert-OH is 1. The molecule has 8 heavy (non-hydrogen) atoms. The summed E-state index contributed by atoms with van der Waals surface area (Å²) in [5, 5.41) is 16.6. The SMILES string of the molecule is N#CCC(O)C(Cl)Cl. The van der Waals surface area contributed by atoms with Crippen LogP contribution in [0, 0.1) is 11.3 Å². The van der Waals surface area contributed by atoms with E-state index in [1.54, 1.807) is 6.07 Å². The number of halogens is 2. The summed E-state index contributed by atoms with van der Waals surface area (Å²) in [6, 6.07) is 1.73. The number of hydrogen-bond acceptors (Lipinski definition) is 2. The lowest BCUT2D eigenvalue weighted by Gasteiger charge is -2.03. The molecular formula is C4H5Cl2NO. The first kappa shape index (κ1) is 8.03. The van der Waals surface area contributed by atoms with E-state index >= 15 is 0 Å². The molecule has 0 fully saturated rings. The lowest BCUT2D eigenvalue weighted by molar-refractivity contribution is 0.194. The van der Waals surface area contributed by atoms with Gasteiger partial charge in [0, 0.05) is 0 Å². The molecule has 1 unspecified atom stereocenters. The summed E-state index contributed by atoms with van der Waals surface area (Å²) in [5.74, 6) is 0. The average Bonchev–Trinajstić information content (AvgIpc) is 1.67. The van der Waals surface area contributed by atoms with Crippen molar-refractivity contribution in [3.05, 3.63) is 0 Å². The van der Waals surface area contributed by atoms with Crippen molar-refractivity contribution < 1.29 is 5.11 Å². The van der Waals surface area contributed by atoms with Crippen LogP contribution in [-0.2, 0) is 0 Å². The van der Waals surface area contributed by atoms with Crippen LogP contribution in [0.25, 0.3) is 0 Å². The van der Waals surface area contributed by atoms with Gasteiger partial charge in [-0.3, -0.25) is 0 Å². The second-order valence-electron chi connectivity index (χ2n) is 1.26. The quantitative estimate of drug-likeness (QED) is 0.604. The average molecular weight is 154 g/mol. The largest absolute Gasteiger partial charge is 0.389 e. The standard InChI is InChI=1S/C4H5Cl2NO/c5-4(6)3(8)1-2-7/h3-4,8H,1H2. The van der Waals surface area contributed by atoms with Gasteiger partial charge in [-0.1, -0.05) is 0 Å². The Hall–Kier alpha value is 0.0300. The highest BCUT2D eigenvalue weighted by molar-refractivity contribution is 6.44. The van der Waals surface area contributed by atoms with E-state index in [4.69, 9.17) is 33.6 Å². The van der Waals surface area contributed by atoms with E-state index in [2.05, 4.69) is 0 Å². The number of nitrogens with zero attached hydrogens (tertiary/aromatic N) is 1. The minimum absolute atomic E-state index is 0.0162. The van der Waals surface area contributed by atoms with Crippen molar-refractivity contribution in [2.45, 2.75) is 17.4 Å². The van der Waals surface area contributed by atoms with Crippen LogP contribution in [0.15, 0.2) is 0 Å². The van der Waals surface area contributed by atoms with E-state index < -0.39 is 10.9 Å². The van der Waals surface area contributed by atoms with E-state index in [1.807, 2.05) is 0 Å². The van der Waals surface area contributed by atoms with Crippen LogP contribution < -0.4 is 0 Å². The lowest BCUT2D eigenvalue weighted by Crippen LogP contribution is -2.13. The van der Waals surface area contributed by atoms with Gasteiger partial charge in [-0.25, -0.2) is 0 Å². The molecule has 4 heteroatoms. The lowest BCUT2D eigenvalue weighted by atomic mass is 10.3. The number of rotatable bonds is 2. The van der Waals surface area contributed by atoms with Gasteiger partial charge in [0.25, 0.3) is 0 Å². The van der Waals surface area contributed by atoms with E-state index in [-0.39, 0.29) is 6.42 Å². The van der Waals surface area contributed by atoms with Gasteiger partial charge in [-0.15, -0.1) is 23.2 Å². The molecule has 0 aliphatic rings. The third-order valence-electron chi connectivity index (χ3n) is 0.591. The topological polar surface area (TPSA) is 44.0 Å². The zero-order valence-electron chi connectivity index (χ0n) is 4.01. The Labute approximate surface area is 57.6 Å². The fourth-order valence-corrected chi connectivity index (χ4v) is 0.361. The highest BCUT2D eigenvalue weighted by Gasteiger charge is 2.11. The van der Waals surface area contributed by atoms with E-state index in [0.29, 0.717) is 0 Å². The van der Waals surface area contributed by atoms with Gasteiger partial charge in [-0.05, 0) is 0 Å². The van der Waals surface area contributed by atoms with E-state index in [0.717, 1.165) is 0 Å². The molecule has 0 spiro atoms. The Morgan fingerprint density at radius 1 is 1.62 bits per heavy atom. The van der Waals surface area contributed by atoms with Crippen LogP contribution in [0.1, 0.15) is 6.42 Å². The molecule has 0 rings (SSSR count). The third-order valence-corrected chi connectivity index (χ3v) is 1.17. The minimum atomic E-state index is -0.914. The number of nitriles is 1. The zero-order valence-corrected chi connectivity index (χ0v) is 5.52. The fourth-order valence-electron chi connectivity index (χ4n) is 0.183. The third kappa shape index (κ3) is 3.09. The summed E-state index contributed by atoms with van der Waals surface area (Å²) in [5.41, 5.74) is 0. The van der Waals surface area contributed by atoms with Crippen molar-refractivity contribution in [2.75, 3.05) is 0 Å². The van der Waals surface area contributed by atoms with Crippen LogP contribution in [0.4, 0.5) is 0 Å². The smallest absolute Gasteiger partial charge is 0.134 e. The number of alkyl halides is 2. The van der Waals surface area contributed by atoms with Gasteiger partial charge in [0.2, 0.25) is 0 Å². The van der Waals surface area contributed by atoms with Crippen LogP contribution in [0.5, 0.6) is 0 Å². The minimum Gasteiger partial charge on any atom is -0.389 e. The number of aliphatic hydroxyl groups is 1. The maximum absolute atomic E-state index is 8.64. The van der Waals surface area contributed by atoms with Gasteiger partial charge in [0.1, 0.15) is 4.84 Å². The van der Waals surface area contributed by atoms with Crippen LogP contribution >= 0.6 is 23.2 Å². The van der Waals surface area contributed by atoms with Gasteiger partial charge in [0.05, 0.1) is 18.6 Å². The molecule has 0 aromatic rings. The molecule has 0 saturated heterocycles. The molecule has 0 amide bonds. The first-order valence-corrected chi connectivity index (χ1v) is 2.89. The van der Waals surface area contributed by atoms with Crippen LogP contribution in [0.2, 0.25) is 0 Å². The molecule has 1 N–H and O–H groups in total. The highest BCUT2D eigenvalue weighted by atomic mass is 35.5. The Bertz CT molecular complexity index is 98.7. The summed E-state index contributed by atoms with van der Waals surface area (Å²) < 4.78 is 0. The van der Waals surface area contributed by atoms with Crippen molar-refractivity contribution in [3.63, 3.8) is 0 Å². The van der Waals surface area contributed by atoms with Gasteiger partial charge < -0.3 is 5.11 Å². The Morgan fingerprint density at radius 3 is 2.25 bits per heavy atom. The maximum atomic E-state index is 8.64. The molecule has 0 saturated carbocycles. The van der Waals surface area contributed by atoms with Crippen molar-refractivity contribution in [1.29, 1.82) is 5.26 Å².